The van der Waals surface area contributed by atoms with Crippen molar-refractivity contribution in [2.75, 3.05) is 11.9 Å². The van der Waals surface area contributed by atoms with Crippen molar-refractivity contribution in [1.29, 1.82) is 0 Å². The van der Waals surface area contributed by atoms with Gasteiger partial charge in [-0.15, -0.1) is 0 Å². The van der Waals surface area contributed by atoms with Gasteiger partial charge in [-0.1, -0.05) is 6.07 Å². The first-order chi connectivity index (χ1) is 10.8. The summed E-state index contributed by atoms with van der Waals surface area (Å²) in [6.45, 7) is 2.99. The number of carbonyl (C=O) groups is 3. The molecule has 23 heavy (non-hydrogen) atoms. The topological polar surface area (TPSA) is 78.5 Å². The van der Waals surface area contributed by atoms with Gasteiger partial charge in [-0.2, -0.15) is 0 Å². The molecule has 0 aromatic heterocycles. The molecule has 7 heteroatoms. The van der Waals surface area contributed by atoms with Crippen molar-refractivity contribution in [3.63, 3.8) is 0 Å². The van der Waals surface area contributed by atoms with Crippen molar-refractivity contribution in [3.05, 3.63) is 29.6 Å². The Morgan fingerprint density at radius 1 is 1.43 bits per heavy atom. The van der Waals surface area contributed by atoms with Crippen molar-refractivity contribution in [2.24, 2.45) is 5.92 Å². The molecule has 1 saturated heterocycles. The normalized spacial score (nSPS) is 23.9. The number of hydrogen-bond donors (Lipinski definition) is 2. The third kappa shape index (κ3) is 2.78. The summed E-state index contributed by atoms with van der Waals surface area (Å²) in [5.41, 5.74) is -0.167. The standard InChI is InChI=1S/C16H18FN3O3/c1-9-3-6-12(11(17)7-9)18-13(21)8-20-14(22)16(2,10-4-5-10)19-15(20)23/h3,6-7,10H,4-5,8H2,1-2H3,(H,18,21)(H,19,23). The molecule has 2 fully saturated rings. The van der Waals surface area contributed by atoms with E-state index < -0.39 is 35.7 Å². The van der Waals surface area contributed by atoms with E-state index in [0.29, 0.717) is 0 Å². The van der Waals surface area contributed by atoms with E-state index in [-0.39, 0.29) is 11.6 Å². The van der Waals surface area contributed by atoms with Crippen LogP contribution in [0.15, 0.2) is 18.2 Å². The molecule has 1 aromatic rings. The SMILES string of the molecule is Cc1ccc(NC(=O)CN2C(=O)NC(C)(C3CC3)C2=O)c(F)c1. The van der Waals surface area contributed by atoms with Gasteiger partial charge in [0, 0.05) is 0 Å². The minimum atomic E-state index is -0.924. The Kier molecular flexibility index (Phi) is 3.58. The number of aryl methyl sites for hydroxylation is 1. The highest BCUT2D eigenvalue weighted by atomic mass is 19.1. The molecule has 1 aromatic carbocycles. The highest BCUT2D eigenvalue weighted by molar-refractivity contribution is 6.10. The number of hydrogen-bond acceptors (Lipinski definition) is 3. The van der Waals surface area contributed by atoms with Crippen LogP contribution in [0.1, 0.15) is 25.3 Å². The van der Waals surface area contributed by atoms with Crippen molar-refractivity contribution in [1.82, 2.24) is 10.2 Å². The zero-order valence-corrected chi connectivity index (χ0v) is 13.0. The number of rotatable bonds is 4. The molecule has 1 saturated carbocycles. The van der Waals surface area contributed by atoms with Crippen LogP contribution in [0.4, 0.5) is 14.9 Å². The number of benzene rings is 1. The van der Waals surface area contributed by atoms with E-state index in [1.54, 1.807) is 19.9 Å². The maximum Gasteiger partial charge on any atom is 0.325 e. The van der Waals surface area contributed by atoms with Crippen LogP contribution in [0.3, 0.4) is 0 Å². The van der Waals surface area contributed by atoms with Gasteiger partial charge in [0.1, 0.15) is 17.9 Å². The van der Waals surface area contributed by atoms with Gasteiger partial charge in [-0.25, -0.2) is 9.18 Å². The Hall–Kier alpha value is -2.44. The smallest absolute Gasteiger partial charge is 0.323 e. The lowest BCUT2D eigenvalue weighted by Gasteiger charge is -2.20. The van der Waals surface area contributed by atoms with Crippen molar-refractivity contribution >= 4 is 23.5 Å². The molecule has 0 spiro atoms. The van der Waals surface area contributed by atoms with Crippen LogP contribution < -0.4 is 10.6 Å². The predicted molar refractivity (Wildman–Crippen MR) is 81.1 cm³/mol. The highest BCUT2D eigenvalue weighted by Crippen LogP contribution is 2.42. The molecule has 4 amide bonds. The minimum Gasteiger partial charge on any atom is -0.323 e. The van der Waals surface area contributed by atoms with Gasteiger partial charge in [-0.3, -0.25) is 14.5 Å². The predicted octanol–water partition coefficient (Wildman–Crippen LogP) is 1.79. The molecule has 0 bridgehead atoms. The molecule has 1 unspecified atom stereocenters. The fourth-order valence-electron chi connectivity index (χ4n) is 2.85. The number of imide groups is 1. The van der Waals surface area contributed by atoms with Crippen molar-refractivity contribution in [2.45, 2.75) is 32.2 Å². The first-order valence-electron chi connectivity index (χ1n) is 7.51. The third-order valence-corrected chi connectivity index (χ3v) is 4.40. The quantitative estimate of drug-likeness (QED) is 0.831. The number of carbonyl (C=O) groups excluding carboxylic acids is 3. The number of nitrogens with one attached hydrogen (secondary N) is 2. The lowest BCUT2D eigenvalue weighted by molar-refractivity contribution is -0.134. The zero-order valence-electron chi connectivity index (χ0n) is 13.0. The van der Waals surface area contributed by atoms with Crippen LogP contribution in [-0.4, -0.2) is 34.8 Å². The van der Waals surface area contributed by atoms with Crippen LogP contribution in [0, 0.1) is 18.7 Å². The molecule has 2 aliphatic rings. The first kappa shape index (κ1) is 15.5. The second-order valence-electron chi connectivity index (χ2n) is 6.33. The molecule has 2 N–H and O–H groups in total. The zero-order chi connectivity index (χ0) is 16.8. The van der Waals surface area contributed by atoms with Gasteiger partial charge < -0.3 is 10.6 Å². The summed E-state index contributed by atoms with van der Waals surface area (Å²) < 4.78 is 13.7. The number of amides is 4. The average Bonchev–Trinajstić information content (AvgIpc) is 3.28. The molecule has 1 aliphatic carbocycles. The van der Waals surface area contributed by atoms with Gasteiger partial charge in [0.05, 0.1) is 5.69 Å². The summed E-state index contributed by atoms with van der Waals surface area (Å²) in [5.74, 6) is -1.44. The Labute approximate surface area is 133 Å². The van der Waals surface area contributed by atoms with Gasteiger partial charge in [0.2, 0.25) is 5.91 Å². The van der Waals surface area contributed by atoms with Crippen LogP contribution in [-0.2, 0) is 9.59 Å². The minimum absolute atomic E-state index is 0.0256. The molecule has 0 radical (unpaired) electrons. The largest absolute Gasteiger partial charge is 0.325 e. The Bertz CT molecular complexity index is 702. The molecule has 6 nitrogen and oxygen atoms in total. The first-order valence-corrected chi connectivity index (χ1v) is 7.51. The molecular formula is C16H18FN3O3. The summed E-state index contributed by atoms with van der Waals surface area (Å²) in [6, 6.07) is 3.83. The van der Waals surface area contributed by atoms with Gasteiger partial charge in [0.15, 0.2) is 0 Å². The number of halogens is 1. The van der Waals surface area contributed by atoms with Crippen LogP contribution in [0.25, 0.3) is 0 Å². The lowest BCUT2D eigenvalue weighted by Crippen LogP contribution is -2.46. The molecule has 1 atom stereocenters. The van der Waals surface area contributed by atoms with Crippen molar-refractivity contribution < 1.29 is 18.8 Å². The van der Waals surface area contributed by atoms with Crippen molar-refractivity contribution in [3.8, 4) is 0 Å². The van der Waals surface area contributed by atoms with Gasteiger partial charge >= 0.3 is 6.03 Å². The Balaban J connectivity index is 1.68. The van der Waals surface area contributed by atoms with E-state index in [4.69, 9.17) is 0 Å². The summed E-state index contributed by atoms with van der Waals surface area (Å²) in [6.07, 6.45) is 1.77. The summed E-state index contributed by atoms with van der Waals surface area (Å²) in [7, 11) is 0. The van der Waals surface area contributed by atoms with Crippen LogP contribution in [0.5, 0.6) is 0 Å². The second kappa shape index (κ2) is 5.33. The highest BCUT2D eigenvalue weighted by Gasteiger charge is 2.56. The molecular weight excluding hydrogens is 301 g/mol. The van der Waals surface area contributed by atoms with Gasteiger partial charge in [0.25, 0.3) is 5.91 Å². The van der Waals surface area contributed by atoms with E-state index >= 15 is 0 Å². The number of nitrogens with zero attached hydrogens (tertiary/aromatic N) is 1. The van der Waals surface area contributed by atoms with E-state index in [2.05, 4.69) is 10.6 Å². The average molecular weight is 319 g/mol. The molecule has 122 valence electrons. The maximum absolute atomic E-state index is 13.7. The van der Waals surface area contributed by atoms with E-state index in [0.717, 1.165) is 23.3 Å². The molecule has 1 heterocycles. The Morgan fingerprint density at radius 2 is 2.13 bits per heavy atom. The van der Waals surface area contributed by atoms with Crippen LogP contribution >= 0.6 is 0 Å². The Morgan fingerprint density at radius 3 is 2.74 bits per heavy atom. The monoisotopic (exact) mass is 319 g/mol. The summed E-state index contributed by atoms with van der Waals surface area (Å²) >= 11 is 0. The van der Waals surface area contributed by atoms with E-state index in [1.165, 1.54) is 12.1 Å². The number of urea groups is 1. The summed E-state index contributed by atoms with van der Waals surface area (Å²) in [4.78, 5) is 37.3. The fraction of sp³-hybridized carbons (Fsp3) is 0.438. The summed E-state index contributed by atoms with van der Waals surface area (Å²) in [5, 5.41) is 5.05. The lowest BCUT2D eigenvalue weighted by atomic mass is 9.96. The third-order valence-electron chi connectivity index (χ3n) is 4.40. The van der Waals surface area contributed by atoms with Crippen LogP contribution in [0.2, 0.25) is 0 Å². The van der Waals surface area contributed by atoms with Gasteiger partial charge in [-0.05, 0) is 50.3 Å². The molecule has 3 rings (SSSR count). The fourth-order valence-corrected chi connectivity index (χ4v) is 2.85. The number of anilines is 1. The second-order valence-corrected chi connectivity index (χ2v) is 6.33. The van der Waals surface area contributed by atoms with E-state index in [9.17, 15) is 18.8 Å². The maximum atomic E-state index is 13.7. The molecule has 1 aliphatic heterocycles. The van der Waals surface area contributed by atoms with E-state index in [1.807, 2.05) is 0 Å².